The molecule has 0 saturated heterocycles. The zero-order valence-corrected chi connectivity index (χ0v) is 24.6. The number of halogens is 4. The summed E-state index contributed by atoms with van der Waals surface area (Å²) in [5.74, 6) is -4.02. The van der Waals surface area contributed by atoms with Crippen LogP contribution in [0.5, 0.6) is 5.75 Å². The second-order valence-corrected chi connectivity index (χ2v) is 12.2. The van der Waals surface area contributed by atoms with Gasteiger partial charge in [0, 0.05) is 28.3 Å². The lowest BCUT2D eigenvalue weighted by molar-refractivity contribution is -0.123. The van der Waals surface area contributed by atoms with Crippen LogP contribution in [0.4, 0.5) is 8.78 Å². The largest absolute Gasteiger partial charge is 0.489 e. The average molecular weight is 627 g/mol. The Morgan fingerprint density at radius 2 is 1.91 bits per heavy atom. The Labute approximate surface area is 255 Å². The van der Waals surface area contributed by atoms with Crippen molar-refractivity contribution in [3.05, 3.63) is 86.7 Å². The third-order valence-electron chi connectivity index (χ3n) is 8.26. The molecular weight excluding hydrogens is 601 g/mol. The number of carbonyl (C=O) groups excluding carboxylic acids is 2. The number of nitrogens with zero attached hydrogens (tertiary/aromatic N) is 2. The number of fused-ring (bicyclic) bond motifs is 2. The van der Waals surface area contributed by atoms with E-state index in [9.17, 15) is 19.1 Å². The highest BCUT2D eigenvalue weighted by atomic mass is 35.5. The van der Waals surface area contributed by atoms with E-state index in [2.05, 4.69) is 15.3 Å². The van der Waals surface area contributed by atoms with E-state index in [4.69, 9.17) is 33.7 Å². The number of nitrogens with one attached hydrogen (secondary N) is 1. The van der Waals surface area contributed by atoms with E-state index in [0.717, 1.165) is 5.56 Å². The predicted molar refractivity (Wildman–Crippen MR) is 157 cm³/mol. The molecule has 43 heavy (non-hydrogen) atoms. The van der Waals surface area contributed by atoms with Crippen molar-refractivity contribution in [1.29, 1.82) is 0 Å². The first kappa shape index (κ1) is 29.2. The summed E-state index contributed by atoms with van der Waals surface area (Å²) in [5, 5.41) is 15.4. The fourth-order valence-electron chi connectivity index (χ4n) is 5.47. The standard InChI is InChI=1S/C31H26Cl2F2N4O4/c1-14-7-15-8-16(9-21(33)25(15)37-11-14)28(40)38-12-31(42,17-3-4-17)22-10-19-27(43-13-30(19,2)29(36)41)26(39-22)18-5-6-20(32)24(35)23(18)34/h5-11,17,42H,3-4,12-13H2,1-2H3,(H2,36,41)(H,38,40)/t30-,31+/m0/s1. The van der Waals surface area contributed by atoms with Crippen LogP contribution >= 0.6 is 23.2 Å². The van der Waals surface area contributed by atoms with Crippen molar-refractivity contribution in [3.8, 4) is 17.0 Å². The molecule has 222 valence electrons. The van der Waals surface area contributed by atoms with Crippen LogP contribution < -0.4 is 15.8 Å². The van der Waals surface area contributed by atoms with E-state index < -0.39 is 39.5 Å². The van der Waals surface area contributed by atoms with Crippen molar-refractivity contribution < 1.29 is 28.2 Å². The maximum atomic E-state index is 15.2. The molecule has 2 aromatic heterocycles. The summed E-state index contributed by atoms with van der Waals surface area (Å²) >= 11 is 12.2. The van der Waals surface area contributed by atoms with E-state index in [1.807, 2.05) is 13.0 Å². The molecule has 0 spiro atoms. The molecule has 2 atom stereocenters. The van der Waals surface area contributed by atoms with E-state index in [1.165, 1.54) is 24.3 Å². The Bertz CT molecular complexity index is 1850. The smallest absolute Gasteiger partial charge is 0.251 e. The Morgan fingerprint density at radius 1 is 1.16 bits per heavy atom. The van der Waals surface area contributed by atoms with Crippen molar-refractivity contribution in [2.75, 3.05) is 13.2 Å². The highest BCUT2D eigenvalue weighted by molar-refractivity contribution is 6.35. The third-order valence-corrected chi connectivity index (χ3v) is 8.84. The van der Waals surface area contributed by atoms with Gasteiger partial charge in [0.25, 0.3) is 5.91 Å². The van der Waals surface area contributed by atoms with Gasteiger partial charge in [-0.25, -0.2) is 13.8 Å². The lowest BCUT2D eigenvalue weighted by Gasteiger charge is -2.30. The summed E-state index contributed by atoms with van der Waals surface area (Å²) in [6.45, 7) is 3.00. The number of hydrogen-bond donors (Lipinski definition) is 3. The summed E-state index contributed by atoms with van der Waals surface area (Å²) in [5.41, 5.74) is 4.29. The van der Waals surface area contributed by atoms with Gasteiger partial charge in [0.2, 0.25) is 5.91 Å². The molecule has 4 N–H and O–H groups in total. The number of pyridine rings is 2. The molecule has 2 aromatic carbocycles. The van der Waals surface area contributed by atoms with Gasteiger partial charge >= 0.3 is 0 Å². The molecule has 1 fully saturated rings. The molecule has 1 aliphatic heterocycles. The molecule has 4 aromatic rings. The van der Waals surface area contributed by atoms with Crippen LogP contribution in [0.2, 0.25) is 10.0 Å². The monoisotopic (exact) mass is 626 g/mol. The quantitative estimate of drug-likeness (QED) is 0.237. The minimum atomic E-state index is -1.74. The maximum absolute atomic E-state index is 15.2. The highest BCUT2D eigenvalue weighted by Crippen LogP contribution is 2.50. The summed E-state index contributed by atoms with van der Waals surface area (Å²) in [4.78, 5) is 34.8. The maximum Gasteiger partial charge on any atom is 0.251 e. The number of nitrogens with two attached hydrogens (primary N) is 1. The molecule has 1 aliphatic carbocycles. The topological polar surface area (TPSA) is 127 Å². The number of amides is 2. The van der Waals surface area contributed by atoms with Gasteiger partial charge in [-0.3, -0.25) is 14.6 Å². The Kier molecular flexibility index (Phi) is 7.06. The van der Waals surface area contributed by atoms with Crippen LogP contribution in [-0.2, 0) is 15.8 Å². The number of aromatic nitrogens is 2. The molecule has 1 saturated carbocycles. The first-order valence-electron chi connectivity index (χ1n) is 13.5. The number of benzene rings is 2. The fourth-order valence-corrected chi connectivity index (χ4v) is 5.89. The summed E-state index contributed by atoms with van der Waals surface area (Å²) in [6.07, 6.45) is 2.93. The number of carbonyl (C=O) groups is 2. The number of hydrogen-bond acceptors (Lipinski definition) is 6. The van der Waals surface area contributed by atoms with Crippen molar-refractivity contribution in [2.24, 2.45) is 11.7 Å². The van der Waals surface area contributed by atoms with Crippen molar-refractivity contribution >= 4 is 45.9 Å². The number of rotatable bonds is 7. The first-order valence-corrected chi connectivity index (χ1v) is 14.3. The highest BCUT2D eigenvalue weighted by Gasteiger charge is 2.50. The van der Waals surface area contributed by atoms with Gasteiger partial charge in [0.1, 0.15) is 29.1 Å². The predicted octanol–water partition coefficient (Wildman–Crippen LogP) is 5.35. The number of aryl methyl sites for hydroxylation is 1. The number of ether oxygens (including phenoxy) is 1. The van der Waals surface area contributed by atoms with Crippen molar-refractivity contribution in [3.63, 3.8) is 0 Å². The van der Waals surface area contributed by atoms with Crippen LogP contribution in [0.1, 0.15) is 46.9 Å². The molecule has 0 radical (unpaired) electrons. The molecule has 0 unspecified atom stereocenters. The Morgan fingerprint density at radius 3 is 2.60 bits per heavy atom. The average Bonchev–Trinajstić information content (AvgIpc) is 3.77. The van der Waals surface area contributed by atoms with Crippen LogP contribution in [-0.4, -0.2) is 40.0 Å². The second-order valence-electron chi connectivity index (χ2n) is 11.4. The van der Waals surface area contributed by atoms with Crippen LogP contribution in [0.15, 0.2) is 42.6 Å². The van der Waals surface area contributed by atoms with Gasteiger partial charge in [-0.05, 0) is 74.6 Å². The van der Waals surface area contributed by atoms with Crippen LogP contribution in [0.25, 0.3) is 22.2 Å². The summed E-state index contributed by atoms with van der Waals surface area (Å²) in [7, 11) is 0. The fraction of sp³-hybridized carbons (Fsp3) is 0.290. The summed E-state index contributed by atoms with van der Waals surface area (Å²) < 4.78 is 35.5. The van der Waals surface area contributed by atoms with Gasteiger partial charge < -0.3 is 20.9 Å². The van der Waals surface area contributed by atoms with Gasteiger partial charge in [-0.15, -0.1) is 0 Å². The number of primary amides is 1. The normalized spacial score (nSPS) is 19.0. The van der Waals surface area contributed by atoms with Gasteiger partial charge in [-0.2, -0.15) is 0 Å². The van der Waals surface area contributed by atoms with Crippen LogP contribution in [0, 0.1) is 24.5 Å². The van der Waals surface area contributed by atoms with E-state index in [-0.39, 0.29) is 52.9 Å². The zero-order chi connectivity index (χ0) is 30.8. The van der Waals surface area contributed by atoms with Crippen molar-refractivity contribution in [1.82, 2.24) is 15.3 Å². The molecule has 0 bridgehead atoms. The molecule has 2 amide bonds. The van der Waals surface area contributed by atoms with E-state index in [0.29, 0.717) is 28.8 Å². The lowest BCUT2D eigenvalue weighted by atomic mass is 9.81. The minimum Gasteiger partial charge on any atom is -0.489 e. The Balaban J connectivity index is 1.42. The SMILES string of the molecule is Cc1cnc2c(Cl)cc(C(=O)NC[C@](O)(c3cc4c(c(-c5ccc(Cl)c(F)c5F)n3)OC[C@]4(C)C(N)=O)C3CC3)cc2c1. The first-order chi connectivity index (χ1) is 20.3. The molecule has 2 aliphatic rings. The lowest BCUT2D eigenvalue weighted by Crippen LogP contribution is -2.44. The van der Waals surface area contributed by atoms with E-state index >= 15 is 4.39 Å². The number of aliphatic hydroxyl groups is 1. The van der Waals surface area contributed by atoms with Gasteiger partial charge in [0.05, 0.1) is 27.8 Å². The molecule has 12 heteroatoms. The van der Waals surface area contributed by atoms with Crippen LogP contribution in [0.3, 0.4) is 0 Å². The van der Waals surface area contributed by atoms with Gasteiger partial charge in [0.15, 0.2) is 11.6 Å². The molecular formula is C31H26Cl2F2N4O4. The second kappa shape index (κ2) is 10.4. The minimum absolute atomic E-state index is 0.0440. The van der Waals surface area contributed by atoms with Crippen molar-refractivity contribution in [2.45, 2.75) is 37.7 Å². The molecule has 6 rings (SSSR count). The zero-order valence-electron chi connectivity index (χ0n) is 23.1. The summed E-state index contributed by atoms with van der Waals surface area (Å²) in [6, 6.07) is 8.93. The van der Waals surface area contributed by atoms with Gasteiger partial charge in [-0.1, -0.05) is 23.2 Å². The Hall–Kier alpha value is -3.86. The molecule has 3 heterocycles. The van der Waals surface area contributed by atoms with E-state index in [1.54, 1.807) is 19.2 Å². The third kappa shape index (κ3) is 4.87. The molecule has 8 nitrogen and oxygen atoms in total.